The summed E-state index contributed by atoms with van der Waals surface area (Å²) in [6, 6.07) is 15.8. The Labute approximate surface area is 100 Å². The first-order chi connectivity index (χ1) is 8.07. The molecule has 0 saturated carbocycles. The smallest absolute Gasteiger partial charge is 0.240 e. The van der Waals surface area contributed by atoms with Crippen molar-refractivity contribution in [3.05, 3.63) is 54.6 Å². The van der Waals surface area contributed by atoms with Crippen LogP contribution in [0.1, 0.15) is 0 Å². The molecule has 2 rings (SSSR count). The van der Waals surface area contributed by atoms with Gasteiger partial charge in [0.1, 0.15) is 4.90 Å². The summed E-state index contributed by atoms with van der Waals surface area (Å²) in [5, 5.41) is 8.16. The molecule has 0 bridgehead atoms. The zero-order valence-corrected chi connectivity index (χ0v) is 9.81. The molecule has 0 aliphatic rings. The summed E-state index contributed by atoms with van der Waals surface area (Å²) < 4.78 is 22.8. The van der Waals surface area contributed by atoms with Gasteiger partial charge in [-0.2, -0.15) is 0 Å². The standard InChI is InChI=1S/C12H12N2O2S/c13-17(15,16)12-9-5-4-8-11(12)14-10-6-2-1-3-7-10/h1-9,14H,(H2,13,15,16). The van der Waals surface area contributed by atoms with E-state index in [4.69, 9.17) is 5.14 Å². The van der Waals surface area contributed by atoms with Crippen LogP contribution in [0.5, 0.6) is 0 Å². The van der Waals surface area contributed by atoms with Gasteiger partial charge in [0.25, 0.3) is 0 Å². The molecule has 0 aliphatic heterocycles. The van der Waals surface area contributed by atoms with E-state index in [0.717, 1.165) is 5.69 Å². The molecule has 0 aliphatic carbocycles. The fraction of sp³-hybridized carbons (Fsp3) is 0. The van der Waals surface area contributed by atoms with E-state index in [1.54, 1.807) is 18.2 Å². The van der Waals surface area contributed by atoms with Crippen LogP contribution in [0.15, 0.2) is 59.5 Å². The lowest BCUT2D eigenvalue weighted by molar-refractivity contribution is 0.598. The van der Waals surface area contributed by atoms with Crippen LogP contribution < -0.4 is 10.5 Å². The zero-order valence-electron chi connectivity index (χ0n) is 9.00. The van der Waals surface area contributed by atoms with Gasteiger partial charge in [-0.25, -0.2) is 13.6 Å². The molecule has 0 heterocycles. The quantitative estimate of drug-likeness (QED) is 0.873. The van der Waals surface area contributed by atoms with Crippen LogP contribution in [0, 0.1) is 0 Å². The van der Waals surface area contributed by atoms with Gasteiger partial charge in [-0.3, -0.25) is 0 Å². The molecule has 0 amide bonds. The molecule has 0 aromatic heterocycles. The third-order valence-corrected chi connectivity index (χ3v) is 3.22. The number of para-hydroxylation sites is 2. The Morgan fingerprint density at radius 2 is 1.47 bits per heavy atom. The van der Waals surface area contributed by atoms with Crippen molar-refractivity contribution in [1.82, 2.24) is 0 Å². The van der Waals surface area contributed by atoms with Gasteiger partial charge in [0.15, 0.2) is 0 Å². The van der Waals surface area contributed by atoms with E-state index >= 15 is 0 Å². The van der Waals surface area contributed by atoms with Crippen molar-refractivity contribution in [3.8, 4) is 0 Å². The highest BCUT2D eigenvalue weighted by molar-refractivity contribution is 7.89. The summed E-state index contributed by atoms with van der Waals surface area (Å²) >= 11 is 0. The summed E-state index contributed by atoms with van der Waals surface area (Å²) in [7, 11) is -3.72. The number of primary sulfonamides is 1. The molecular weight excluding hydrogens is 236 g/mol. The maximum Gasteiger partial charge on any atom is 0.240 e. The normalized spacial score (nSPS) is 11.1. The van der Waals surface area contributed by atoms with E-state index in [0.29, 0.717) is 5.69 Å². The Bertz CT molecular complexity index is 609. The first kappa shape index (κ1) is 11.6. The van der Waals surface area contributed by atoms with Gasteiger partial charge in [0.2, 0.25) is 10.0 Å². The van der Waals surface area contributed by atoms with Crippen LogP contribution in [0.25, 0.3) is 0 Å². The van der Waals surface area contributed by atoms with Crippen LogP contribution in [0.2, 0.25) is 0 Å². The molecule has 3 N–H and O–H groups in total. The topological polar surface area (TPSA) is 72.2 Å². The van der Waals surface area contributed by atoms with Crippen LogP contribution >= 0.6 is 0 Å². The fourth-order valence-electron chi connectivity index (χ4n) is 1.50. The Balaban J connectivity index is 2.41. The summed E-state index contributed by atoms with van der Waals surface area (Å²) in [6.45, 7) is 0. The Morgan fingerprint density at radius 3 is 2.12 bits per heavy atom. The van der Waals surface area contributed by atoms with Gasteiger partial charge in [-0.1, -0.05) is 30.3 Å². The van der Waals surface area contributed by atoms with E-state index in [-0.39, 0.29) is 4.90 Å². The Kier molecular flexibility index (Phi) is 3.12. The van der Waals surface area contributed by atoms with Crippen molar-refractivity contribution in [3.63, 3.8) is 0 Å². The molecule has 5 heteroatoms. The monoisotopic (exact) mass is 248 g/mol. The second kappa shape index (κ2) is 4.57. The van der Waals surface area contributed by atoms with Crippen molar-refractivity contribution < 1.29 is 8.42 Å². The molecule has 88 valence electrons. The average Bonchev–Trinajstić information content (AvgIpc) is 2.30. The van der Waals surface area contributed by atoms with Crippen molar-refractivity contribution >= 4 is 21.4 Å². The number of benzene rings is 2. The third-order valence-electron chi connectivity index (χ3n) is 2.25. The van der Waals surface area contributed by atoms with Gasteiger partial charge in [-0.15, -0.1) is 0 Å². The molecule has 17 heavy (non-hydrogen) atoms. The molecule has 0 unspecified atom stereocenters. The lowest BCUT2D eigenvalue weighted by atomic mass is 10.3. The molecule has 0 fully saturated rings. The molecule has 0 atom stereocenters. The highest BCUT2D eigenvalue weighted by atomic mass is 32.2. The summed E-state index contributed by atoms with van der Waals surface area (Å²) in [5.74, 6) is 0. The number of hydrogen-bond acceptors (Lipinski definition) is 3. The molecule has 0 saturated heterocycles. The van der Waals surface area contributed by atoms with E-state index < -0.39 is 10.0 Å². The number of hydrogen-bond donors (Lipinski definition) is 2. The number of nitrogens with two attached hydrogens (primary N) is 1. The molecule has 0 spiro atoms. The minimum Gasteiger partial charge on any atom is -0.354 e. The number of rotatable bonds is 3. The largest absolute Gasteiger partial charge is 0.354 e. The van der Waals surface area contributed by atoms with E-state index in [1.807, 2.05) is 30.3 Å². The maximum atomic E-state index is 11.4. The van der Waals surface area contributed by atoms with E-state index in [1.165, 1.54) is 6.07 Å². The average molecular weight is 248 g/mol. The predicted octanol–water partition coefficient (Wildman–Crippen LogP) is 2.08. The first-order valence-electron chi connectivity index (χ1n) is 5.01. The number of anilines is 2. The second-order valence-corrected chi connectivity index (χ2v) is 5.06. The van der Waals surface area contributed by atoms with Gasteiger partial charge in [-0.05, 0) is 24.3 Å². The van der Waals surface area contributed by atoms with Crippen LogP contribution in [0.3, 0.4) is 0 Å². The lowest BCUT2D eigenvalue weighted by Crippen LogP contribution is -2.13. The lowest BCUT2D eigenvalue weighted by Gasteiger charge is -2.10. The molecule has 0 radical (unpaired) electrons. The Hall–Kier alpha value is -1.85. The van der Waals surface area contributed by atoms with Gasteiger partial charge in [0.05, 0.1) is 5.69 Å². The molecule has 2 aromatic rings. The molecular formula is C12H12N2O2S. The van der Waals surface area contributed by atoms with Crippen LogP contribution in [0.4, 0.5) is 11.4 Å². The van der Waals surface area contributed by atoms with E-state index in [9.17, 15) is 8.42 Å². The van der Waals surface area contributed by atoms with E-state index in [2.05, 4.69) is 5.32 Å². The van der Waals surface area contributed by atoms with Gasteiger partial charge < -0.3 is 5.32 Å². The highest BCUT2D eigenvalue weighted by Gasteiger charge is 2.12. The number of sulfonamides is 1. The van der Waals surface area contributed by atoms with Crippen molar-refractivity contribution in [2.24, 2.45) is 5.14 Å². The molecule has 4 nitrogen and oxygen atoms in total. The fourth-order valence-corrected chi connectivity index (χ4v) is 2.19. The zero-order chi connectivity index (χ0) is 12.3. The van der Waals surface area contributed by atoms with Crippen LogP contribution in [-0.4, -0.2) is 8.42 Å². The Morgan fingerprint density at radius 1 is 0.882 bits per heavy atom. The van der Waals surface area contributed by atoms with Gasteiger partial charge in [0, 0.05) is 5.69 Å². The SMILES string of the molecule is NS(=O)(=O)c1ccccc1Nc1ccccc1. The van der Waals surface area contributed by atoms with Crippen molar-refractivity contribution in [1.29, 1.82) is 0 Å². The minimum absolute atomic E-state index is 0.0869. The maximum absolute atomic E-state index is 11.4. The second-order valence-electron chi connectivity index (χ2n) is 3.53. The van der Waals surface area contributed by atoms with Crippen molar-refractivity contribution in [2.75, 3.05) is 5.32 Å². The van der Waals surface area contributed by atoms with Crippen LogP contribution in [-0.2, 0) is 10.0 Å². The summed E-state index contributed by atoms with van der Waals surface area (Å²) in [5.41, 5.74) is 1.28. The molecule has 2 aromatic carbocycles. The summed E-state index contributed by atoms with van der Waals surface area (Å²) in [4.78, 5) is 0.0869. The van der Waals surface area contributed by atoms with Crippen molar-refractivity contribution in [2.45, 2.75) is 4.90 Å². The summed E-state index contributed by atoms with van der Waals surface area (Å²) in [6.07, 6.45) is 0. The third kappa shape index (κ3) is 2.83. The first-order valence-corrected chi connectivity index (χ1v) is 6.56. The highest BCUT2D eigenvalue weighted by Crippen LogP contribution is 2.23. The van der Waals surface area contributed by atoms with Gasteiger partial charge >= 0.3 is 0 Å². The number of nitrogens with one attached hydrogen (secondary N) is 1. The minimum atomic E-state index is -3.72. The predicted molar refractivity (Wildman–Crippen MR) is 67.5 cm³/mol.